The fraction of sp³-hybridized carbons (Fsp3) is 0.182. The molecule has 6 nitrogen and oxygen atoms in total. The number of aldehydes is 1. The Labute approximate surface area is 162 Å². The lowest BCUT2D eigenvalue weighted by molar-refractivity contribution is -0.123. The van der Waals surface area contributed by atoms with Crippen LogP contribution in [-0.2, 0) is 4.79 Å². The van der Waals surface area contributed by atoms with Crippen LogP contribution >= 0.6 is 0 Å². The van der Waals surface area contributed by atoms with Gasteiger partial charge in [-0.25, -0.2) is 0 Å². The molecule has 0 saturated carbocycles. The number of nitrogens with one attached hydrogen (secondary N) is 1. The van der Waals surface area contributed by atoms with Crippen molar-refractivity contribution in [3.63, 3.8) is 0 Å². The summed E-state index contributed by atoms with van der Waals surface area (Å²) >= 11 is 0. The summed E-state index contributed by atoms with van der Waals surface area (Å²) in [6.07, 6.45) is 0.477. The van der Waals surface area contributed by atoms with Crippen LogP contribution in [0.25, 0.3) is 10.8 Å². The van der Waals surface area contributed by atoms with Gasteiger partial charge in [-0.15, -0.1) is 0 Å². The Balaban J connectivity index is 1.33. The SMILES string of the molecule is O=Cc1c(OCC(=O)NC[C@@H]2COc3ccccc3O2)ccc2ccccc12. The van der Waals surface area contributed by atoms with Crippen molar-refractivity contribution in [3.8, 4) is 17.2 Å². The van der Waals surface area contributed by atoms with Crippen LogP contribution in [0.4, 0.5) is 0 Å². The largest absolute Gasteiger partial charge is 0.486 e. The molecule has 3 aromatic rings. The summed E-state index contributed by atoms with van der Waals surface area (Å²) in [5, 5.41) is 4.51. The van der Waals surface area contributed by atoms with Crippen molar-refractivity contribution in [2.45, 2.75) is 6.10 Å². The molecule has 1 aliphatic heterocycles. The molecule has 28 heavy (non-hydrogen) atoms. The Morgan fingerprint density at radius 2 is 1.86 bits per heavy atom. The molecule has 0 fully saturated rings. The van der Waals surface area contributed by atoms with E-state index in [1.807, 2.05) is 54.6 Å². The summed E-state index contributed by atoms with van der Waals surface area (Å²) in [5.41, 5.74) is 0.437. The average molecular weight is 377 g/mol. The first kappa shape index (κ1) is 17.9. The first-order valence-electron chi connectivity index (χ1n) is 8.99. The van der Waals surface area contributed by atoms with E-state index in [1.165, 1.54) is 0 Å². The molecule has 0 aliphatic carbocycles. The van der Waals surface area contributed by atoms with Crippen LogP contribution in [0, 0.1) is 0 Å². The summed E-state index contributed by atoms with van der Waals surface area (Å²) in [7, 11) is 0. The molecule has 6 heteroatoms. The molecule has 142 valence electrons. The first-order valence-corrected chi connectivity index (χ1v) is 8.99. The molecule has 1 amide bonds. The minimum Gasteiger partial charge on any atom is -0.486 e. The number of carbonyl (C=O) groups excluding carboxylic acids is 2. The van der Waals surface area contributed by atoms with Gasteiger partial charge in [-0.3, -0.25) is 9.59 Å². The maximum absolute atomic E-state index is 12.1. The minimum absolute atomic E-state index is 0.191. The quantitative estimate of drug-likeness (QED) is 0.669. The summed E-state index contributed by atoms with van der Waals surface area (Å²) in [4.78, 5) is 23.7. The van der Waals surface area contributed by atoms with Gasteiger partial charge < -0.3 is 19.5 Å². The van der Waals surface area contributed by atoms with Gasteiger partial charge in [-0.05, 0) is 29.0 Å². The van der Waals surface area contributed by atoms with E-state index in [-0.39, 0.29) is 18.6 Å². The zero-order valence-corrected chi connectivity index (χ0v) is 15.1. The third-order valence-corrected chi connectivity index (χ3v) is 4.50. The minimum atomic E-state index is -0.299. The van der Waals surface area contributed by atoms with E-state index in [0.29, 0.717) is 36.0 Å². The topological polar surface area (TPSA) is 73.9 Å². The van der Waals surface area contributed by atoms with Gasteiger partial charge in [0.05, 0.1) is 12.1 Å². The fourth-order valence-electron chi connectivity index (χ4n) is 3.11. The molecule has 0 bridgehead atoms. The van der Waals surface area contributed by atoms with E-state index >= 15 is 0 Å². The predicted molar refractivity (Wildman–Crippen MR) is 104 cm³/mol. The van der Waals surface area contributed by atoms with E-state index in [2.05, 4.69) is 5.32 Å². The standard InChI is InChI=1S/C22H19NO5/c24-12-18-17-6-2-1-5-15(17)9-10-19(18)27-14-22(25)23-11-16-13-26-20-7-3-4-8-21(20)28-16/h1-10,12,16H,11,13-14H2,(H,23,25)/t16-/m1/s1. The van der Waals surface area contributed by atoms with Crippen molar-refractivity contribution in [1.29, 1.82) is 0 Å². The molecular formula is C22H19NO5. The Hall–Kier alpha value is -3.54. The number of rotatable bonds is 6. The molecule has 4 rings (SSSR count). The first-order chi connectivity index (χ1) is 13.7. The van der Waals surface area contributed by atoms with Crippen molar-refractivity contribution < 1.29 is 23.8 Å². The number of hydrogen-bond donors (Lipinski definition) is 1. The maximum Gasteiger partial charge on any atom is 0.258 e. The van der Waals surface area contributed by atoms with E-state index in [0.717, 1.165) is 17.1 Å². The van der Waals surface area contributed by atoms with Crippen molar-refractivity contribution in [3.05, 3.63) is 66.2 Å². The summed E-state index contributed by atoms with van der Waals surface area (Å²) in [6, 6.07) is 18.5. The van der Waals surface area contributed by atoms with Gasteiger partial charge in [-0.2, -0.15) is 0 Å². The second-order valence-electron chi connectivity index (χ2n) is 6.41. The second-order valence-corrected chi connectivity index (χ2v) is 6.41. The molecular weight excluding hydrogens is 358 g/mol. The van der Waals surface area contributed by atoms with Crippen LogP contribution in [0.5, 0.6) is 17.2 Å². The number of ether oxygens (including phenoxy) is 3. The van der Waals surface area contributed by atoms with Crippen molar-refractivity contribution >= 4 is 23.0 Å². The highest BCUT2D eigenvalue weighted by Gasteiger charge is 2.21. The molecule has 1 atom stereocenters. The van der Waals surface area contributed by atoms with Crippen LogP contribution in [0.2, 0.25) is 0 Å². The lowest BCUT2D eigenvalue weighted by Gasteiger charge is -2.26. The van der Waals surface area contributed by atoms with Crippen molar-refractivity contribution in [2.24, 2.45) is 0 Å². The van der Waals surface area contributed by atoms with Crippen LogP contribution < -0.4 is 19.5 Å². The second kappa shape index (κ2) is 8.00. The number of para-hydroxylation sites is 2. The molecule has 3 aromatic carbocycles. The summed E-state index contributed by atoms with van der Waals surface area (Å²) < 4.78 is 17.0. The molecule has 0 radical (unpaired) electrons. The van der Waals surface area contributed by atoms with Gasteiger partial charge in [0, 0.05) is 0 Å². The Bertz CT molecular complexity index is 1020. The van der Waals surface area contributed by atoms with Gasteiger partial charge in [0.15, 0.2) is 24.4 Å². The molecule has 1 heterocycles. The maximum atomic E-state index is 12.1. The van der Waals surface area contributed by atoms with E-state index in [4.69, 9.17) is 14.2 Å². The Morgan fingerprint density at radius 3 is 2.71 bits per heavy atom. The molecule has 0 aromatic heterocycles. The number of amides is 1. The third-order valence-electron chi connectivity index (χ3n) is 4.50. The van der Waals surface area contributed by atoms with Crippen LogP contribution in [-0.4, -0.2) is 38.1 Å². The molecule has 1 aliphatic rings. The highest BCUT2D eigenvalue weighted by Crippen LogP contribution is 2.30. The van der Waals surface area contributed by atoms with Crippen molar-refractivity contribution in [2.75, 3.05) is 19.8 Å². The van der Waals surface area contributed by atoms with E-state index in [1.54, 1.807) is 6.07 Å². The number of benzene rings is 3. The zero-order chi connectivity index (χ0) is 19.3. The van der Waals surface area contributed by atoms with Crippen molar-refractivity contribution in [1.82, 2.24) is 5.32 Å². The lowest BCUT2D eigenvalue weighted by Crippen LogP contribution is -2.42. The Morgan fingerprint density at radius 1 is 1.07 bits per heavy atom. The predicted octanol–water partition coefficient (Wildman–Crippen LogP) is 2.99. The van der Waals surface area contributed by atoms with Crippen LogP contribution in [0.15, 0.2) is 60.7 Å². The highest BCUT2D eigenvalue weighted by molar-refractivity contribution is 6.00. The van der Waals surface area contributed by atoms with Gasteiger partial charge in [-0.1, -0.05) is 42.5 Å². The fourth-order valence-corrected chi connectivity index (χ4v) is 3.11. The Kier molecular flexibility index (Phi) is 5.10. The van der Waals surface area contributed by atoms with E-state index in [9.17, 15) is 9.59 Å². The molecule has 1 N–H and O–H groups in total. The number of carbonyl (C=O) groups is 2. The van der Waals surface area contributed by atoms with Crippen LogP contribution in [0.3, 0.4) is 0 Å². The third kappa shape index (κ3) is 3.76. The highest BCUT2D eigenvalue weighted by atomic mass is 16.6. The normalized spacial score (nSPS) is 15.1. The van der Waals surface area contributed by atoms with Crippen LogP contribution in [0.1, 0.15) is 10.4 Å². The van der Waals surface area contributed by atoms with Gasteiger partial charge in [0.25, 0.3) is 5.91 Å². The van der Waals surface area contributed by atoms with Gasteiger partial charge in [0.1, 0.15) is 18.5 Å². The lowest BCUT2D eigenvalue weighted by atomic mass is 10.0. The zero-order valence-electron chi connectivity index (χ0n) is 15.1. The molecule has 0 saturated heterocycles. The van der Waals surface area contributed by atoms with Gasteiger partial charge >= 0.3 is 0 Å². The average Bonchev–Trinajstić information content (AvgIpc) is 2.75. The van der Waals surface area contributed by atoms with Gasteiger partial charge in [0.2, 0.25) is 0 Å². The molecule has 0 unspecified atom stereocenters. The number of fused-ring (bicyclic) bond motifs is 2. The monoisotopic (exact) mass is 377 g/mol. The molecule has 0 spiro atoms. The summed E-state index contributed by atoms with van der Waals surface area (Å²) in [5.74, 6) is 1.45. The smallest absolute Gasteiger partial charge is 0.258 e. The summed E-state index contributed by atoms with van der Waals surface area (Å²) in [6.45, 7) is 0.468. The van der Waals surface area contributed by atoms with E-state index < -0.39 is 0 Å². The number of hydrogen-bond acceptors (Lipinski definition) is 5.